The molecule has 1 amide bonds. The van der Waals surface area contributed by atoms with E-state index in [4.69, 9.17) is 12.2 Å². The van der Waals surface area contributed by atoms with Gasteiger partial charge in [0, 0.05) is 30.4 Å². The smallest absolute Gasteiger partial charge is 0.293 e. The lowest BCUT2D eigenvalue weighted by Crippen LogP contribution is -2.34. The van der Waals surface area contributed by atoms with Crippen LogP contribution in [-0.4, -0.2) is 29.0 Å². The Bertz CT molecular complexity index is 973. The molecule has 2 aromatic rings. The highest BCUT2D eigenvalue weighted by molar-refractivity contribution is 7.80. The number of nitro benzene ring substituents is 1. The van der Waals surface area contributed by atoms with Gasteiger partial charge in [0.2, 0.25) is 0 Å². The van der Waals surface area contributed by atoms with E-state index >= 15 is 0 Å². The largest absolute Gasteiger partial charge is 0.366 e. The first-order valence-corrected chi connectivity index (χ1v) is 11.1. The predicted molar refractivity (Wildman–Crippen MR) is 128 cm³/mol. The topological polar surface area (TPSA) is 87.5 Å². The number of nitrogens with one attached hydrogen (secondary N) is 2. The summed E-state index contributed by atoms with van der Waals surface area (Å²) in [5.41, 5.74) is 2.66. The standard InChI is InChI=1S/C23H28N4O3S/c1-3-16(2)18-9-5-6-10-19(18)24-23(31)25-22(28)17-11-12-20(21(15-17)27(29)30)26-13-7-4-8-14-26/h5-6,9-12,15-16H,3-4,7-8,13-14H2,1-2H3,(H2,24,25,28,31). The summed E-state index contributed by atoms with van der Waals surface area (Å²) in [7, 11) is 0. The SMILES string of the molecule is CCC(C)c1ccccc1NC(=S)NC(=O)c1ccc(N2CCCCC2)c([N+](=O)[O-])c1. The molecule has 1 aliphatic rings. The minimum Gasteiger partial charge on any atom is -0.366 e. The van der Waals surface area contributed by atoms with Crippen LogP contribution in [0.1, 0.15) is 61.4 Å². The van der Waals surface area contributed by atoms with Crippen molar-refractivity contribution < 1.29 is 9.72 Å². The Labute approximate surface area is 188 Å². The third-order valence-corrected chi connectivity index (χ3v) is 5.91. The average molecular weight is 441 g/mol. The number of thiocarbonyl (C=S) groups is 1. The number of hydrogen-bond acceptors (Lipinski definition) is 5. The number of rotatable bonds is 6. The van der Waals surface area contributed by atoms with Crippen molar-refractivity contribution in [1.82, 2.24) is 5.32 Å². The molecule has 0 radical (unpaired) electrons. The van der Waals surface area contributed by atoms with Crippen LogP contribution < -0.4 is 15.5 Å². The second-order valence-corrected chi connectivity index (χ2v) is 8.22. The highest BCUT2D eigenvalue weighted by Gasteiger charge is 2.23. The molecule has 1 unspecified atom stereocenters. The van der Waals surface area contributed by atoms with Crippen LogP contribution in [0.4, 0.5) is 17.1 Å². The monoisotopic (exact) mass is 440 g/mol. The molecule has 1 heterocycles. The van der Waals surface area contributed by atoms with Crippen molar-refractivity contribution >= 4 is 40.3 Å². The summed E-state index contributed by atoms with van der Waals surface area (Å²) in [6.45, 7) is 5.82. The van der Waals surface area contributed by atoms with Gasteiger partial charge in [-0.15, -0.1) is 0 Å². The van der Waals surface area contributed by atoms with Gasteiger partial charge >= 0.3 is 0 Å². The fraction of sp³-hybridized carbons (Fsp3) is 0.391. The number of benzene rings is 2. The van der Waals surface area contributed by atoms with Gasteiger partial charge in [-0.05, 0) is 67.6 Å². The van der Waals surface area contributed by atoms with E-state index in [1.165, 1.54) is 6.07 Å². The minimum atomic E-state index is -0.480. The molecule has 3 rings (SSSR count). The summed E-state index contributed by atoms with van der Waals surface area (Å²) in [4.78, 5) is 25.9. The Morgan fingerprint density at radius 2 is 1.90 bits per heavy atom. The molecule has 2 aromatic carbocycles. The lowest BCUT2D eigenvalue weighted by atomic mass is 9.97. The molecule has 1 atom stereocenters. The molecule has 0 aliphatic carbocycles. The van der Waals surface area contributed by atoms with Gasteiger partial charge in [-0.2, -0.15) is 0 Å². The fourth-order valence-electron chi connectivity index (χ4n) is 3.80. The first kappa shape index (κ1) is 22.7. The quantitative estimate of drug-likeness (QED) is 0.364. The van der Waals surface area contributed by atoms with Gasteiger partial charge in [0.15, 0.2) is 5.11 Å². The fourth-order valence-corrected chi connectivity index (χ4v) is 4.01. The molecule has 164 valence electrons. The van der Waals surface area contributed by atoms with E-state index in [0.29, 0.717) is 11.6 Å². The molecule has 2 N–H and O–H groups in total. The molecule has 0 saturated carbocycles. The first-order valence-electron chi connectivity index (χ1n) is 10.6. The van der Waals surface area contributed by atoms with Crippen molar-refractivity contribution in [1.29, 1.82) is 0 Å². The Morgan fingerprint density at radius 3 is 2.58 bits per heavy atom. The molecular formula is C23H28N4O3S. The van der Waals surface area contributed by atoms with Gasteiger partial charge in [-0.25, -0.2) is 0 Å². The number of hydrogen-bond donors (Lipinski definition) is 2. The third-order valence-electron chi connectivity index (χ3n) is 5.71. The van der Waals surface area contributed by atoms with Gasteiger partial charge in [0.1, 0.15) is 5.69 Å². The number of nitrogens with zero attached hydrogens (tertiary/aromatic N) is 2. The molecule has 7 nitrogen and oxygen atoms in total. The molecule has 8 heteroatoms. The summed E-state index contributed by atoms with van der Waals surface area (Å²) in [5, 5.41) is 17.5. The first-order chi connectivity index (χ1) is 14.9. The van der Waals surface area contributed by atoms with Crippen LogP contribution in [0.15, 0.2) is 42.5 Å². The minimum absolute atomic E-state index is 0.0597. The Balaban J connectivity index is 1.74. The molecule has 1 saturated heterocycles. The van der Waals surface area contributed by atoms with Crippen molar-refractivity contribution in [3.63, 3.8) is 0 Å². The number of piperidine rings is 1. The van der Waals surface area contributed by atoms with Crippen molar-refractivity contribution in [2.75, 3.05) is 23.3 Å². The van der Waals surface area contributed by atoms with E-state index in [2.05, 4.69) is 24.5 Å². The van der Waals surface area contributed by atoms with E-state index in [1.807, 2.05) is 29.2 Å². The second-order valence-electron chi connectivity index (χ2n) is 7.81. The zero-order valence-corrected chi connectivity index (χ0v) is 18.7. The maximum atomic E-state index is 12.7. The lowest BCUT2D eigenvalue weighted by molar-refractivity contribution is -0.384. The normalized spacial score (nSPS) is 14.6. The van der Waals surface area contributed by atoms with Gasteiger partial charge in [0.05, 0.1) is 4.92 Å². The average Bonchev–Trinajstić information content (AvgIpc) is 2.79. The van der Waals surface area contributed by atoms with Crippen LogP contribution >= 0.6 is 12.2 Å². The number of nitro groups is 1. The highest BCUT2D eigenvalue weighted by atomic mass is 32.1. The highest BCUT2D eigenvalue weighted by Crippen LogP contribution is 2.31. The van der Waals surface area contributed by atoms with Crippen LogP contribution in [0.5, 0.6) is 0 Å². The van der Waals surface area contributed by atoms with Crippen LogP contribution in [-0.2, 0) is 0 Å². The van der Waals surface area contributed by atoms with Crippen LogP contribution in [0.25, 0.3) is 0 Å². The number of carbonyl (C=O) groups excluding carboxylic acids is 1. The molecule has 1 aliphatic heterocycles. The molecule has 1 fully saturated rings. The number of carbonyl (C=O) groups is 1. The van der Waals surface area contributed by atoms with Crippen molar-refractivity contribution in [3.8, 4) is 0 Å². The van der Waals surface area contributed by atoms with Crippen molar-refractivity contribution in [2.24, 2.45) is 0 Å². The summed E-state index contributed by atoms with van der Waals surface area (Å²) in [6.07, 6.45) is 4.13. The van der Waals surface area contributed by atoms with Crippen LogP contribution in [0.2, 0.25) is 0 Å². The van der Waals surface area contributed by atoms with Gasteiger partial charge in [-0.3, -0.25) is 20.2 Å². The summed E-state index contributed by atoms with van der Waals surface area (Å²) >= 11 is 5.32. The zero-order valence-electron chi connectivity index (χ0n) is 17.9. The zero-order chi connectivity index (χ0) is 22.4. The van der Waals surface area contributed by atoms with Gasteiger partial charge in [0.25, 0.3) is 11.6 Å². The maximum absolute atomic E-state index is 12.7. The van der Waals surface area contributed by atoms with E-state index in [1.54, 1.807) is 12.1 Å². The predicted octanol–water partition coefficient (Wildman–Crippen LogP) is 5.23. The molecule has 0 bridgehead atoms. The summed E-state index contributed by atoms with van der Waals surface area (Å²) < 4.78 is 0. The number of amides is 1. The molecule has 0 aromatic heterocycles. The van der Waals surface area contributed by atoms with Crippen molar-refractivity contribution in [2.45, 2.75) is 45.4 Å². The molecule has 31 heavy (non-hydrogen) atoms. The second kappa shape index (κ2) is 10.3. The lowest BCUT2D eigenvalue weighted by Gasteiger charge is -2.28. The van der Waals surface area contributed by atoms with Crippen LogP contribution in [0.3, 0.4) is 0 Å². The van der Waals surface area contributed by atoms with Gasteiger partial charge < -0.3 is 10.2 Å². The van der Waals surface area contributed by atoms with Crippen molar-refractivity contribution in [3.05, 3.63) is 63.7 Å². The van der Waals surface area contributed by atoms with E-state index < -0.39 is 10.8 Å². The van der Waals surface area contributed by atoms with E-state index in [0.717, 1.165) is 50.0 Å². The Hall–Kier alpha value is -3.00. The summed E-state index contributed by atoms with van der Waals surface area (Å²) in [6, 6.07) is 12.4. The molecular weight excluding hydrogens is 412 g/mol. The maximum Gasteiger partial charge on any atom is 0.293 e. The number of para-hydroxylation sites is 1. The molecule has 0 spiro atoms. The van der Waals surface area contributed by atoms with Crippen LogP contribution in [0, 0.1) is 10.1 Å². The van der Waals surface area contributed by atoms with E-state index in [-0.39, 0.29) is 16.4 Å². The Morgan fingerprint density at radius 1 is 1.19 bits per heavy atom. The number of anilines is 2. The summed E-state index contributed by atoms with van der Waals surface area (Å²) in [5.74, 6) is -0.140. The van der Waals surface area contributed by atoms with E-state index in [9.17, 15) is 14.9 Å². The third kappa shape index (κ3) is 5.58. The Kier molecular flexibility index (Phi) is 7.57. The van der Waals surface area contributed by atoms with Gasteiger partial charge in [-0.1, -0.05) is 32.0 Å².